The molecule has 1 aromatic carbocycles. The van der Waals surface area contributed by atoms with Gasteiger partial charge in [0.25, 0.3) is 0 Å². The van der Waals surface area contributed by atoms with E-state index in [1.54, 1.807) is 6.20 Å². The molecular weight excluding hydrogens is 242 g/mol. The second-order valence-corrected chi connectivity index (χ2v) is 4.15. The summed E-state index contributed by atoms with van der Waals surface area (Å²) in [6, 6.07) is 6.06. The zero-order chi connectivity index (χ0) is 10.1. The van der Waals surface area contributed by atoms with Gasteiger partial charge >= 0.3 is 0 Å². The Morgan fingerprint density at radius 2 is 2.07 bits per heavy atom. The fourth-order valence-electron chi connectivity index (χ4n) is 1.30. The van der Waals surface area contributed by atoms with Crippen molar-refractivity contribution in [3.63, 3.8) is 0 Å². The topological polar surface area (TPSA) is 26.0 Å². The second kappa shape index (κ2) is 3.58. The summed E-state index contributed by atoms with van der Waals surface area (Å²) in [5.41, 5.74) is 2.20. The molecule has 0 amide bonds. The molecule has 0 radical (unpaired) electrons. The Kier molecular flexibility index (Phi) is 2.42. The van der Waals surface area contributed by atoms with E-state index in [9.17, 15) is 0 Å². The van der Waals surface area contributed by atoms with E-state index in [2.05, 4.69) is 20.9 Å². The van der Waals surface area contributed by atoms with Crippen LogP contribution in [0, 0.1) is 13.8 Å². The van der Waals surface area contributed by atoms with E-state index in [0.717, 1.165) is 21.4 Å². The van der Waals surface area contributed by atoms with Crippen LogP contribution in [0.2, 0.25) is 0 Å². The number of oxazole rings is 1. The maximum Gasteiger partial charge on any atom is 0.226 e. The number of nitrogens with zero attached hydrogens (tertiary/aromatic N) is 1. The van der Waals surface area contributed by atoms with Gasteiger partial charge in [0, 0.05) is 10.0 Å². The average Bonchev–Trinajstić information content (AvgIpc) is 2.56. The zero-order valence-corrected chi connectivity index (χ0v) is 9.63. The Morgan fingerprint density at radius 1 is 1.29 bits per heavy atom. The van der Waals surface area contributed by atoms with Crippen molar-refractivity contribution in [2.75, 3.05) is 0 Å². The highest BCUT2D eigenvalue weighted by atomic mass is 79.9. The first kappa shape index (κ1) is 9.46. The van der Waals surface area contributed by atoms with Gasteiger partial charge in [-0.2, -0.15) is 0 Å². The Hall–Kier alpha value is -1.09. The average molecular weight is 252 g/mol. The van der Waals surface area contributed by atoms with Gasteiger partial charge in [0.05, 0.1) is 6.20 Å². The van der Waals surface area contributed by atoms with Gasteiger partial charge in [-0.3, -0.25) is 0 Å². The fraction of sp³-hybridized carbons (Fsp3) is 0.182. The molecular formula is C11H10BrNO. The minimum Gasteiger partial charge on any atom is -0.441 e. The summed E-state index contributed by atoms with van der Waals surface area (Å²) < 4.78 is 6.51. The van der Waals surface area contributed by atoms with Crippen LogP contribution in [0.25, 0.3) is 11.5 Å². The van der Waals surface area contributed by atoms with Crippen molar-refractivity contribution in [1.29, 1.82) is 0 Å². The number of benzene rings is 1. The molecule has 0 spiro atoms. The molecule has 3 heteroatoms. The molecule has 0 bridgehead atoms. The smallest absolute Gasteiger partial charge is 0.226 e. The SMILES string of the molecule is Cc1cnc(-c2cc(Br)ccc2C)o1. The van der Waals surface area contributed by atoms with Crippen molar-refractivity contribution in [2.24, 2.45) is 0 Å². The first-order chi connectivity index (χ1) is 6.66. The van der Waals surface area contributed by atoms with Crippen LogP contribution in [0.3, 0.4) is 0 Å². The first-order valence-electron chi connectivity index (χ1n) is 4.36. The van der Waals surface area contributed by atoms with Crippen molar-refractivity contribution >= 4 is 15.9 Å². The molecule has 1 aromatic heterocycles. The molecule has 1 heterocycles. The summed E-state index contributed by atoms with van der Waals surface area (Å²) in [6.45, 7) is 3.94. The Balaban J connectivity index is 2.55. The highest BCUT2D eigenvalue weighted by Gasteiger charge is 2.07. The normalized spacial score (nSPS) is 10.5. The predicted octanol–water partition coefficient (Wildman–Crippen LogP) is 3.72. The van der Waals surface area contributed by atoms with Gasteiger partial charge in [-0.15, -0.1) is 0 Å². The number of halogens is 1. The molecule has 2 nitrogen and oxygen atoms in total. The van der Waals surface area contributed by atoms with Crippen LogP contribution in [0.5, 0.6) is 0 Å². The van der Waals surface area contributed by atoms with E-state index >= 15 is 0 Å². The lowest BCUT2D eigenvalue weighted by Gasteiger charge is -2.01. The van der Waals surface area contributed by atoms with Gasteiger partial charge in [0.1, 0.15) is 5.76 Å². The quantitative estimate of drug-likeness (QED) is 0.773. The third kappa shape index (κ3) is 1.73. The number of aromatic nitrogens is 1. The summed E-state index contributed by atoms with van der Waals surface area (Å²) in [5.74, 6) is 1.51. The number of aryl methyl sites for hydroxylation is 2. The molecule has 0 saturated heterocycles. The minimum atomic E-state index is 0.682. The third-order valence-electron chi connectivity index (χ3n) is 2.05. The molecule has 0 aliphatic heterocycles. The van der Waals surface area contributed by atoms with Gasteiger partial charge in [0.15, 0.2) is 0 Å². The number of hydrogen-bond donors (Lipinski definition) is 0. The molecule has 2 aromatic rings. The van der Waals surface area contributed by atoms with Crippen molar-refractivity contribution in [1.82, 2.24) is 4.98 Å². The summed E-state index contributed by atoms with van der Waals surface area (Å²) >= 11 is 3.43. The Morgan fingerprint density at radius 3 is 2.71 bits per heavy atom. The third-order valence-corrected chi connectivity index (χ3v) is 2.54. The van der Waals surface area contributed by atoms with E-state index < -0.39 is 0 Å². The summed E-state index contributed by atoms with van der Waals surface area (Å²) in [6.07, 6.45) is 1.73. The van der Waals surface area contributed by atoms with Crippen LogP contribution in [-0.4, -0.2) is 4.98 Å². The van der Waals surface area contributed by atoms with Gasteiger partial charge in [0.2, 0.25) is 5.89 Å². The van der Waals surface area contributed by atoms with E-state index in [0.29, 0.717) is 5.89 Å². The largest absolute Gasteiger partial charge is 0.441 e. The van der Waals surface area contributed by atoms with Crippen LogP contribution in [0.15, 0.2) is 33.3 Å². The van der Waals surface area contributed by atoms with Crippen LogP contribution in [0.1, 0.15) is 11.3 Å². The van der Waals surface area contributed by atoms with Crippen molar-refractivity contribution in [3.8, 4) is 11.5 Å². The molecule has 0 fully saturated rings. The molecule has 0 atom stereocenters. The van der Waals surface area contributed by atoms with Crippen LogP contribution < -0.4 is 0 Å². The maximum atomic E-state index is 5.47. The molecule has 0 unspecified atom stereocenters. The lowest BCUT2D eigenvalue weighted by Crippen LogP contribution is -1.82. The van der Waals surface area contributed by atoms with Crippen molar-refractivity contribution < 1.29 is 4.42 Å². The van der Waals surface area contributed by atoms with E-state index in [1.807, 2.05) is 32.0 Å². The lowest BCUT2D eigenvalue weighted by molar-refractivity contribution is 0.542. The van der Waals surface area contributed by atoms with Crippen LogP contribution >= 0.6 is 15.9 Å². The highest BCUT2D eigenvalue weighted by Crippen LogP contribution is 2.26. The van der Waals surface area contributed by atoms with Crippen molar-refractivity contribution in [2.45, 2.75) is 13.8 Å². The number of rotatable bonds is 1. The van der Waals surface area contributed by atoms with Gasteiger partial charge < -0.3 is 4.42 Å². The fourth-order valence-corrected chi connectivity index (χ4v) is 1.66. The van der Waals surface area contributed by atoms with Crippen molar-refractivity contribution in [3.05, 3.63) is 40.2 Å². The van der Waals surface area contributed by atoms with E-state index in [1.165, 1.54) is 0 Å². The monoisotopic (exact) mass is 251 g/mol. The number of hydrogen-bond acceptors (Lipinski definition) is 2. The Bertz CT molecular complexity index is 462. The maximum absolute atomic E-state index is 5.47. The molecule has 0 aliphatic rings. The molecule has 2 rings (SSSR count). The zero-order valence-electron chi connectivity index (χ0n) is 8.04. The van der Waals surface area contributed by atoms with Crippen LogP contribution in [-0.2, 0) is 0 Å². The molecule has 0 saturated carbocycles. The molecule has 14 heavy (non-hydrogen) atoms. The van der Waals surface area contributed by atoms with Crippen LogP contribution in [0.4, 0.5) is 0 Å². The van der Waals surface area contributed by atoms with E-state index in [-0.39, 0.29) is 0 Å². The molecule has 0 N–H and O–H groups in total. The molecule has 0 aliphatic carbocycles. The van der Waals surface area contributed by atoms with Gasteiger partial charge in [-0.1, -0.05) is 22.0 Å². The van der Waals surface area contributed by atoms with Gasteiger partial charge in [-0.05, 0) is 31.5 Å². The minimum absolute atomic E-state index is 0.682. The summed E-state index contributed by atoms with van der Waals surface area (Å²) in [5, 5.41) is 0. The standard InChI is InChI=1S/C11H10BrNO/c1-7-3-4-9(12)5-10(7)11-13-6-8(2)14-11/h3-6H,1-2H3. The highest BCUT2D eigenvalue weighted by molar-refractivity contribution is 9.10. The predicted molar refractivity (Wildman–Crippen MR) is 59.1 cm³/mol. The summed E-state index contributed by atoms with van der Waals surface area (Å²) in [7, 11) is 0. The second-order valence-electron chi connectivity index (χ2n) is 3.24. The Labute approximate surface area is 91.1 Å². The van der Waals surface area contributed by atoms with E-state index in [4.69, 9.17) is 4.42 Å². The summed E-state index contributed by atoms with van der Waals surface area (Å²) in [4.78, 5) is 4.20. The lowest BCUT2D eigenvalue weighted by atomic mass is 10.1. The first-order valence-corrected chi connectivity index (χ1v) is 5.15. The molecule has 72 valence electrons. The van der Waals surface area contributed by atoms with Gasteiger partial charge in [-0.25, -0.2) is 4.98 Å².